The molecule has 2 amide bonds. The van der Waals surface area contributed by atoms with Gasteiger partial charge in [0.25, 0.3) is 0 Å². The van der Waals surface area contributed by atoms with E-state index < -0.39 is 17.7 Å². The predicted molar refractivity (Wildman–Crippen MR) is 74.7 cm³/mol. The van der Waals surface area contributed by atoms with Crippen molar-refractivity contribution < 1.29 is 18.4 Å². The summed E-state index contributed by atoms with van der Waals surface area (Å²) in [6.07, 6.45) is 0.643. The lowest BCUT2D eigenvalue weighted by molar-refractivity contribution is -0.125. The molecule has 1 fully saturated rings. The minimum atomic E-state index is -1.01. The van der Waals surface area contributed by atoms with Gasteiger partial charge in [-0.3, -0.25) is 9.59 Å². The van der Waals surface area contributed by atoms with Crippen molar-refractivity contribution in [3.05, 3.63) is 29.8 Å². The van der Waals surface area contributed by atoms with E-state index >= 15 is 0 Å². The quantitative estimate of drug-likeness (QED) is 0.930. The summed E-state index contributed by atoms with van der Waals surface area (Å²) in [7, 11) is 0. The number of nitrogens with one attached hydrogen (secondary N) is 1. The fourth-order valence-corrected chi connectivity index (χ4v) is 2.38. The molecule has 6 heteroatoms. The summed E-state index contributed by atoms with van der Waals surface area (Å²) in [5.74, 6) is -2.25. The zero-order chi connectivity index (χ0) is 15.6. The van der Waals surface area contributed by atoms with E-state index in [9.17, 15) is 18.4 Å². The SMILES string of the molecule is CC(C)CC1NC(=O)CCN(c2ccc(F)c(F)c2)C1=O. The first kappa shape index (κ1) is 15.4. The Morgan fingerprint density at radius 1 is 1.29 bits per heavy atom. The molecule has 1 aromatic rings. The Balaban J connectivity index is 2.30. The Morgan fingerprint density at radius 2 is 2.00 bits per heavy atom. The molecule has 1 heterocycles. The number of carbonyl (C=O) groups excluding carboxylic acids is 2. The van der Waals surface area contributed by atoms with Crippen molar-refractivity contribution in [1.82, 2.24) is 5.32 Å². The summed E-state index contributed by atoms with van der Waals surface area (Å²) < 4.78 is 26.4. The number of anilines is 1. The maximum atomic E-state index is 13.4. The van der Waals surface area contributed by atoms with E-state index in [2.05, 4.69) is 5.32 Å². The molecule has 0 aliphatic carbocycles. The number of carbonyl (C=O) groups is 2. The number of nitrogens with zero attached hydrogens (tertiary/aromatic N) is 1. The molecule has 0 radical (unpaired) electrons. The van der Waals surface area contributed by atoms with Gasteiger partial charge in [-0.2, -0.15) is 0 Å². The van der Waals surface area contributed by atoms with Gasteiger partial charge in [0.1, 0.15) is 6.04 Å². The smallest absolute Gasteiger partial charge is 0.249 e. The topological polar surface area (TPSA) is 49.4 Å². The third kappa shape index (κ3) is 3.56. The first-order valence-corrected chi connectivity index (χ1v) is 6.94. The van der Waals surface area contributed by atoms with Gasteiger partial charge in [-0.25, -0.2) is 8.78 Å². The Morgan fingerprint density at radius 3 is 2.62 bits per heavy atom. The molecule has 1 unspecified atom stereocenters. The summed E-state index contributed by atoms with van der Waals surface area (Å²) >= 11 is 0. The second-order valence-corrected chi connectivity index (χ2v) is 5.59. The van der Waals surface area contributed by atoms with E-state index in [1.165, 1.54) is 11.0 Å². The number of hydrogen-bond acceptors (Lipinski definition) is 2. The van der Waals surface area contributed by atoms with Crippen molar-refractivity contribution >= 4 is 17.5 Å². The first-order chi connectivity index (χ1) is 9.88. The highest BCUT2D eigenvalue weighted by Crippen LogP contribution is 2.22. The van der Waals surface area contributed by atoms with Crippen LogP contribution in [0.15, 0.2) is 18.2 Å². The Bertz CT molecular complexity index is 561. The molecule has 1 aromatic carbocycles. The van der Waals surface area contributed by atoms with E-state index in [1.54, 1.807) is 0 Å². The third-order valence-electron chi connectivity index (χ3n) is 3.38. The Kier molecular flexibility index (Phi) is 4.55. The number of rotatable bonds is 3. The van der Waals surface area contributed by atoms with Crippen LogP contribution in [0.5, 0.6) is 0 Å². The van der Waals surface area contributed by atoms with Crippen LogP contribution in [0, 0.1) is 17.6 Å². The predicted octanol–water partition coefficient (Wildman–Crippen LogP) is 2.23. The van der Waals surface area contributed by atoms with Gasteiger partial charge in [-0.1, -0.05) is 13.8 Å². The lowest BCUT2D eigenvalue weighted by atomic mass is 10.0. The average molecular weight is 296 g/mol. The minimum absolute atomic E-state index is 0.138. The van der Waals surface area contributed by atoms with Gasteiger partial charge < -0.3 is 10.2 Å². The molecule has 1 atom stereocenters. The van der Waals surface area contributed by atoms with Crippen molar-refractivity contribution in [1.29, 1.82) is 0 Å². The van der Waals surface area contributed by atoms with Crippen LogP contribution < -0.4 is 10.2 Å². The maximum absolute atomic E-state index is 13.4. The van der Waals surface area contributed by atoms with Crippen LogP contribution in [0.3, 0.4) is 0 Å². The molecule has 0 spiro atoms. The molecule has 2 rings (SSSR count). The Labute approximate surface area is 122 Å². The molecule has 114 valence electrons. The summed E-state index contributed by atoms with van der Waals surface area (Å²) in [4.78, 5) is 25.6. The lowest BCUT2D eigenvalue weighted by Gasteiger charge is -2.25. The van der Waals surface area contributed by atoms with Crippen LogP contribution in [0.2, 0.25) is 0 Å². The van der Waals surface area contributed by atoms with E-state index in [4.69, 9.17) is 0 Å². The van der Waals surface area contributed by atoms with Crippen LogP contribution in [-0.2, 0) is 9.59 Å². The summed E-state index contributed by atoms with van der Waals surface area (Å²) in [5.41, 5.74) is 0.268. The maximum Gasteiger partial charge on any atom is 0.249 e. The fraction of sp³-hybridized carbons (Fsp3) is 0.467. The van der Waals surface area contributed by atoms with Crippen LogP contribution >= 0.6 is 0 Å². The number of benzene rings is 1. The second-order valence-electron chi connectivity index (χ2n) is 5.59. The van der Waals surface area contributed by atoms with E-state index in [0.29, 0.717) is 6.42 Å². The van der Waals surface area contributed by atoms with Crippen LogP contribution in [0.1, 0.15) is 26.7 Å². The zero-order valence-electron chi connectivity index (χ0n) is 12.0. The van der Waals surface area contributed by atoms with Gasteiger partial charge in [-0.15, -0.1) is 0 Å². The van der Waals surface area contributed by atoms with Gasteiger partial charge >= 0.3 is 0 Å². The fourth-order valence-electron chi connectivity index (χ4n) is 2.38. The molecule has 0 bridgehead atoms. The standard InChI is InChI=1S/C15H18F2N2O2/c1-9(2)7-13-15(21)19(6-5-14(20)18-13)10-3-4-11(16)12(17)8-10/h3-4,8-9,13H,5-7H2,1-2H3,(H,18,20). The molecule has 1 aliphatic rings. The monoisotopic (exact) mass is 296 g/mol. The van der Waals surface area contributed by atoms with E-state index in [1.807, 2.05) is 13.8 Å². The summed E-state index contributed by atoms with van der Waals surface area (Å²) in [6, 6.07) is 2.68. The molecular weight excluding hydrogens is 278 g/mol. The Hall–Kier alpha value is -1.98. The largest absolute Gasteiger partial charge is 0.344 e. The highest BCUT2D eigenvalue weighted by atomic mass is 19.2. The molecular formula is C15H18F2N2O2. The average Bonchev–Trinajstić information content (AvgIpc) is 2.53. The molecule has 0 aromatic heterocycles. The van der Waals surface area contributed by atoms with E-state index in [0.717, 1.165) is 12.1 Å². The highest BCUT2D eigenvalue weighted by Gasteiger charge is 2.31. The summed E-state index contributed by atoms with van der Waals surface area (Å²) in [5, 5.41) is 2.69. The number of halogens is 2. The number of amides is 2. The van der Waals surface area contributed by atoms with Crippen molar-refractivity contribution in [2.24, 2.45) is 5.92 Å². The van der Waals surface area contributed by atoms with Crippen molar-refractivity contribution in [3.63, 3.8) is 0 Å². The highest BCUT2D eigenvalue weighted by molar-refractivity contribution is 6.01. The molecule has 4 nitrogen and oxygen atoms in total. The van der Waals surface area contributed by atoms with Gasteiger partial charge in [0.05, 0.1) is 0 Å². The van der Waals surface area contributed by atoms with Gasteiger partial charge in [0.2, 0.25) is 11.8 Å². The van der Waals surface area contributed by atoms with Crippen molar-refractivity contribution in [3.8, 4) is 0 Å². The second kappa shape index (κ2) is 6.20. The molecule has 1 N–H and O–H groups in total. The van der Waals surface area contributed by atoms with Crippen LogP contribution in [0.25, 0.3) is 0 Å². The van der Waals surface area contributed by atoms with Crippen LogP contribution in [0.4, 0.5) is 14.5 Å². The van der Waals surface area contributed by atoms with Gasteiger partial charge in [-0.05, 0) is 24.5 Å². The normalized spacial score (nSPS) is 19.7. The lowest BCUT2D eigenvalue weighted by Crippen LogP contribution is -2.45. The van der Waals surface area contributed by atoms with E-state index in [-0.39, 0.29) is 36.4 Å². The summed E-state index contributed by atoms with van der Waals surface area (Å²) in [6.45, 7) is 4.06. The van der Waals surface area contributed by atoms with Crippen LogP contribution in [-0.4, -0.2) is 24.4 Å². The molecule has 1 aliphatic heterocycles. The van der Waals surface area contributed by atoms with Crippen molar-refractivity contribution in [2.45, 2.75) is 32.7 Å². The number of hydrogen-bond donors (Lipinski definition) is 1. The van der Waals surface area contributed by atoms with Crippen molar-refractivity contribution in [2.75, 3.05) is 11.4 Å². The minimum Gasteiger partial charge on any atom is -0.344 e. The molecule has 21 heavy (non-hydrogen) atoms. The molecule has 1 saturated heterocycles. The third-order valence-corrected chi connectivity index (χ3v) is 3.38. The first-order valence-electron chi connectivity index (χ1n) is 6.94. The van der Waals surface area contributed by atoms with Gasteiger partial charge in [0.15, 0.2) is 11.6 Å². The zero-order valence-corrected chi connectivity index (χ0v) is 12.0. The molecule has 0 saturated carbocycles. The van der Waals surface area contributed by atoms with Gasteiger partial charge in [0, 0.05) is 24.7 Å².